The Kier molecular flexibility index (Phi) is 4.44. The molecule has 0 unspecified atom stereocenters. The highest BCUT2D eigenvalue weighted by atomic mass is 16.5. The molecule has 2 aromatic rings. The first-order valence-electron chi connectivity index (χ1n) is 6.05. The molecule has 7 heteroatoms. The van der Waals surface area contributed by atoms with Gasteiger partial charge in [0.2, 0.25) is 5.76 Å². The van der Waals surface area contributed by atoms with Crippen LogP contribution < -0.4 is 9.47 Å². The molecule has 7 nitrogen and oxygen atoms in total. The van der Waals surface area contributed by atoms with E-state index in [-0.39, 0.29) is 5.76 Å². The van der Waals surface area contributed by atoms with Gasteiger partial charge in [-0.2, -0.15) is 0 Å². The number of carboxylic acids is 1. The lowest BCUT2D eigenvalue weighted by Gasteiger charge is -2.13. The largest absolute Gasteiger partial charge is 0.496 e. The topological polar surface area (TPSA) is 91.0 Å². The quantitative estimate of drug-likeness (QED) is 0.872. The normalized spacial score (nSPS) is 10.4. The Labute approximate surface area is 121 Å². The van der Waals surface area contributed by atoms with E-state index >= 15 is 0 Å². The van der Waals surface area contributed by atoms with Gasteiger partial charge in [-0.25, -0.2) is 4.79 Å². The van der Waals surface area contributed by atoms with E-state index in [1.54, 1.807) is 19.2 Å². The minimum atomic E-state index is -1.18. The maximum absolute atomic E-state index is 10.9. The molecule has 0 fully saturated rings. The highest BCUT2D eigenvalue weighted by molar-refractivity contribution is 5.86. The second-order valence-electron chi connectivity index (χ2n) is 4.18. The zero-order chi connectivity index (χ0) is 15.4. The number of aromatic nitrogens is 1. The van der Waals surface area contributed by atoms with Gasteiger partial charge in [-0.15, -0.1) is 0 Å². The number of nitrogens with zero attached hydrogens (tertiary/aromatic N) is 1. The maximum atomic E-state index is 10.9. The van der Waals surface area contributed by atoms with E-state index in [0.717, 1.165) is 5.56 Å². The zero-order valence-corrected chi connectivity index (χ0v) is 11.9. The van der Waals surface area contributed by atoms with Crippen LogP contribution in [0.15, 0.2) is 22.7 Å². The number of hydrogen-bond donors (Lipinski definition) is 1. The Balaban J connectivity index is 2.53. The second-order valence-corrected chi connectivity index (χ2v) is 4.18. The summed E-state index contributed by atoms with van der Waals surface area (Å²) in [5.41, 5.74) is 1.74. The van der Waals surface area contributed by atoms with Gasteiger partial charge >= 0.3 is 5.97 Å². The van der Waals surface area contributed by atoms with Gasteiger partial charge in [-0.3, -0.25) is 0 Å². The predicted molar refractivity (Wildman–Crippen MR) is 72.7 cm³/mol. The Morgan fingerprint density at radius 1 is 1.19 bits per heavy atom. The average Bonchev–Trinajstić information content (AvgIpc) is 2.97. The summed E-state index contributed by atoms with van der Waals surface area (Å²) >= 11 is 0. The van der Waals surface area contributed by atoms with E-state index in [1.165, 1.54) is 20.3 Å². The van der Waals surface area contributed by atoms with Crippen molar-refractivity contribution in [3.05, 3.63) is 29.5 Å². The van der Waals surface area contributed by atoms with Gasteiger partial charge in [-0.1, -0.05) is 5.16 Å². The van der Waals surface area contributed by atoms with Crippen LogP contribution >= 0.6 is 0 Å². The molecule has 1 aromatic heterocycles. The molecule has 0 bridgehead atoms. The monoisotopic (exact) mass is 293 g/mol. The minimum absolute atomic E-state index is 0.244. The summed E-state index contributed by atoms with van der Waals surface area (Å²) in [6, 6.07) is 4.79. The Bertz CT molecular complexity index is 649. The van der Waals surface area contributed by atoms with Gasteiger partial charge in [0.15, 0.2) is 0 Å². The summed E-state index contributed by atoms with van der Waals surface area (Å²) in [4.78, 5) is 10.9. The van der Waals surface area contributed by atoms with Crippen molar-refractivity contribution in [1.29, 1.82) is 0 Å². The number of methoxy groups -OCH3 is 3. The summed E-state index contributed by atoms with van der Waals surface area (Å²) in [5, 5.41) is 12.6. The molecule has 0 atom stereocenters. The van der Waals surface area contributed by atoms with Crippen LogP contribution in [-0.4, -0.2) is 37.6 Å². The third kappa shape index (κ3) is 2.97. The SMILES string of the molecule is COCc1cc(OC)c(-c2cc(C(=O)O)on2)cc1OC. The molecule has 1 heterocycles. The summed E-state index contributed by atoms with van der Waals surface area (Å²) < 4.78 is 20.5. The number of carboxylic acid groups (broad SMARTS) is 1. The number of rotatable bonds is 6. The molecule has 0 saturated heterocycles. The lowest BCUT2D eigenvalue weighted by molar-refractivity contribution is 0.0652. The molecule has 0 aliphatic rings. The lowest BCUT2D eigenvalue weighted by Crippen LogP contribution is -1.97. The van der Waals surface area contributed by atoms with Crippen molar-refractivity contribution in [1.82, 2.24) is 5.16 Å². The first-order chi connectivity index (χ1) is 10.1. The molecular weight excluding hydrogens is 278 g/mol. The maximum Gasteiger partial charge on any atom is 0.374 e. The van der Waals surface area contributed by atoms with Crippen LogP contribution in [0.4, 0.5) is 0 Å². The molecule has 1 N–H and O–H groups in total. The van der Waals surface area contributed by atoms with Gasteiger partial charge in [0.05, 0.1) is 20.8 Å². The Morgan fingerprint density at radius 2 is 1.90 bits per heavy atom. The summed E-state index contributed by atoms with van der Waals surface area (Å²) in [6.45, 7) is 0.360. The van der Waals surface area contributed by atoms with Crippen molar-refractivity contribution in [2.45, 2.75) is 6.61 Å². The van der Waals surface area contributed by atoms with Crippen LogP contribution in [0, 0.1) is 0 Å². The summed E-state index contributed by atoms with van der Waals surface area (Å²) in [6.07, 6.45) is 0. The Hall–Kier alpha value is -2.54. The average molecular weight is 293 g/mol. The zero-order valence-electron chi connectivity index (χ0n) is 11.9. The number of carbonyl (C=O) groups is 1. The Morgan fingerprint density at radius 3 is 2.43 bits per heavy atom. The number of hydrogen-bond acceptors (Lipinski definition) is 6. The fourth-order valence-corrected chi connectivity index (χ4v) is 1.93. The molecular formula is C14H15NO6. The van der Waals surface area contributed by atoms with Crippen LogP contribution in [0.2, 0.25) is 0 Å². The van der Waals surface area contributed by atoms with Crippen molar-refractivity contribution >= 4 is 5.97 Å². The summed E-state index contributed by atoms with van der Waals surface area (Å²) in [7, 11) is 4.63. The molecule has 0 spiro atoms. The van der Waals surface area contributed by atoms with Crippen LogP contribution in [-0.2, 0) is 11.3 Å². The highest BCUT2D eigenvalue weighted by Gasteiger charge is 2.18. The van der Waals surface area contributed by atoms with Gasteiger partial charge in [-0.05, 0) is 12.1 Å². The van der Waals surface area contributed by atoms with E-state index < -0.39 is 5.97 Å². The third-order valence-electron chi connectivity index (χ3n) is 2.90. The van der Waals surface area contributed by atoms with Crippen molar-refractivity contribution in [3.63, 3.8) is 0 Å². The van der Waals surface area contributed by atoms with Crippen molar-refractivity contribution in [2.75, 3.05) is 21.3 Å². The van der Waals surface area contributed by atoms with Crippen LogP contribution in [0.5, 0.6) is 11.5 Å². The van der Waals surface area contributed by atoms with Crippen LogP contribution in [0.3, 0.4) is 0 Å². The molecule has 112 valence electrons. The van der Waals surface area contributed by atoms with E-state index in [1.807, 2.05) is 0 Å². The van der Waals surface area contributed by atoms with E-state index in [4.69, 9.17) is 23.8 Å². The van der Waals surface area contributed by atoms with Crippen molar-refractivity contribution in [3.8, 4) is 22.8 Å². The number of aromatic carboxylic acids is 1. The van der Waals surface area contributed by atoms with Crippen molar-refractivity contribution in [2.24, 2.45) is 0 Å². The smallest absolute Gasteiger partial charge is 0.374 e. The molecule has 2 rings (SSSR count). The first kappa shape index (κ1) is 14.9. The van der Waals surface area contributed by atoms with Crippen LogP contribution in [0.25, 0.3) is 11.3 Å². The number of benzene rings is 1. The third-order valence-corrected chi connectivity index (χ3v) is 2.90. The van der Waals surface area contributed by atoms with Gasteiger partial charge in [0.1, 0.15) is 17.2 Å². The molecule has 21 heavy (non-hydrogen) atoms. The highest BCUT2D eigenvalue weighted by Crippen LogP contribution is 2.36. The van der Waals surface area contributed by atoms with Gasteiger partial charge in [0.25, 0.3) is 0 Å². The first-order valence-corrected chi connectivity index (χ1v) is 6.05. The summed E-state index contributed by atoms with van der Waals surface area (Å²) in [5.74, 6) is -0.316. The molecule has 0 aliphatic heterocycles. The van der Waals surface area contributed by atoms with E-state index in [0.29, 0.717) is 29.4 Å². The van der Waals surface area contributed by atoms with E-state index in [9.17, 15) is 4.79 Å². The van der Waals surface area contributed by atoms with Gasteiger partial charge < -0.3 is 23.8 Å². The van der Waals surface area contributed by atoms with E-state index in [2.05, 4.69) is 5.16 Å². The minimum Gasteiger partial charge on any atom is -0.496 e. The van der Waals surface area contributed by atoms with Crippen molar-refractivity contribution < 1.29 is 28.6 Å². The predicted octanol–water partition coefficient (Wildman–Crippen LogP) is 2.20. The van der Waals surface area contributed by atoms with Crippen LogP contribution in [0.1, 0.15) is 16.1 Å². The number of ether oxygens (including phenoxy) is 3. The lowest BCUT2D eigenvalue weighted by atomic mass is 10.1. The fraction of sp³-hybridized carbons (Fsp3) is 0.286. The molecule has 0 saturated carbocycles. The molecule has 0 amide bonds. The van der Waals surface area contributed by atoms with Gasteiger partial charge in [0, 0.05) is 24.3 Å². The molecule has 0 aliphatic carbocycles. The molecule has 1 aromatic carbocycles. The molecule has 0 radical (unpaired) electrons. The standard InChI is InChI=1S/C14H15NO6/c1-18-7-8-4-12(20-3)9(5-11(8)19-2)10-6-13(14(16)17)21-15-10/h4-6H,7H2,1-3H3,(H,16,17). The fourth-order valence-electron chi connectivity index (χ4n) is 1.93. The second kappa shape index (κ2) is 6.27.